The Morgan fingerprint density at radius 1 is 1.11 bits per heavy atom. The second-order valence-electron chi connectivity index (χ2n) is 7.14. The van der Waals surface area contributed by atoms with Crippen LogP contribution in [0.2, 0.25) is 0 Å². The Labute approximate surface area is 164 Å². The van der Waals surface area contributed by atoms with Crippen molar-refractivity contribution in [2.45, 2.75) is 37.1 Å². The Morgan fingerprint density at radius 2 is 1.89 bits per heavy atom. The maximum absolute atomic E-state index is 11.6. The maximum atomic E-state index is 11.6. The molecule has 27 heavy (non-hydrogen) atoms. The minimum Gasteiger partial charge on any atom is -0.493 e. The van der Waals surface area contributed by atoms with Gasteiger partial charge in [-0.15, -0.1) is 0 Å². The van der Waals surface area contributed by atoms with Crippen LogP contribution in [0, 0.1) is 0 Å². The van der Waals surface area contributed by atoms with Crippen molar-refractivity contribution in [3.8, 4) is 11.5 Å². The fourth-order valence-electron chi connectivity index (χ4n) is 4.52. The number of benzene rings is 2. The molecule has 0 saturated heterocycles. The van der Waals surface area contributed by atoms with Gasteiger partial charge in [0.15, 0.2) is 11.5 Å². The van der Waals surface area contributed by atoms with Gasteiger partial charge in [-0.05, 0) is 65.2 Å². The Morgan fingerprint density at radius 3 is 2.63 bits per heavy atom. The molecule has 1 aliphatic carbocycles. The summed E-state index contributed by atoms with van der Waals surface area (Å²) in [5, 5.41) is -0.419. The molecule has 0 aromatic heterocycles. The fourth-order valence-corrected chi connectivity index (χ4v) is 4.64. The number of rotatable bonds is 4. The third kappa shape index (κ3) is 3.23. The summed E-state index contributed by atoms with van der Waals surface area (Å²) in [5.41, 5.74) is 4.00. The van der Waals surface area contributed by atoms with Crippen LogP contribution in [0.3, 0.4) is 0 Å². The number of halogens is 1. The van der Waals surface area contributed by atoms with Crippen LogP contribution in [-0.4, -0.2) is 31.7 Å². The Hall–Kier alpha value is -2.33. The molecule has 140 valence electrons. The first-order valence-electron chi connectivity index (χ1n) is 9.21. The molecule has 1 fully saturated rings. The van der Waals surface area contributed by atoms with Crippen molar-refractivity contribution >= 4 is 23.1 Å². The highest BCUT2D eigenvalue weighted by molar-refractivity contribution is 6.67. The second-order valence-corrected chi connectivity index (χ2v) is 7.49. The zero-order valence-corrected chi connectivity index (χ0v) is 16.2. The molecule has 2 aromatic rings. The van der Waals surface area contributed by atoms with E-state index in [9.17, 15) is 4.79 Å². The summed E-state index contributed by atoms with van der Waals surface area (Å²) in [6.45, 7) is 0. The standard InChI is InChI=1S/C22H22ClNO3/c1-26-19-10-15-12-24-18-8-4-7-16(21(18)17(15)11-20(19)27-2)13-5-3-6-14(9-13)22(23)25/h3,5-6,9-12,16,18,21H,4,7-8H2,1-2H3/t16?,18-,21-/m1/s1. The number of methoxy groups -OCH3 is 2. The topological polar surface area (TPSA) is 47.9 Å². The molecular weight excluding hydrogens is 362 g/mol. The zero-order valence-electron chi connectivity index (χ0n) is 15.4. The second kappa shape index (κ2) is 7.35. The van der Waals surface area contributed by atoms with Gasteiger partial charge >= 0.3 is 0 Å². The lowest BCUT2D eigenvalue weighted by molar-refractivity contribution is 0.108. The number of aliphatic imine (C=N–C) groups is 1. The van der Waals surface area contributed by atoms with Crippen molar-refractivity contribution in [3.05, 3.63) is 58.7 Å². The number of hydrogen-bond acceptors (Lipinski definition) is 4. The van der Waals surface area contributed by atoms with Crippen molar-refractivity contribution in [2.24, 2.45) is 4.99 Å². The highest BCUT2D eigenvalue weighted by Crippen LogP contribution is 2.49. The van der Waals surface area contributed by atoms with Crippen molar-refractivity contribution in [2.75, 3.05) is 14.2 Å². The molecule has 0 N–H and O–H groups in total. The zero-order chi connectivity index (χ0) is 19.0. The maximum Gasteiger partial charge on any atom is 0.252 e. The van der Waals surface area contributed by atoms with E-state index in [0.29, 0.717) is 11.3 Å². The number of hydrogen-bond donors (Lipinski definition) is 0. The minimum absolute atomic E-state index is 0.240. The predicted octanol–water partition coefficient (Wildman–Crippen LogP) is 4.94. The first-order chi connectivity index (χ1) is 13.1. The molecular formula is C22H22ClNO3. The van der Waals surface area contributed by atoms with Crippen LogP contribution in [0.15, 0.2) is 41.4 Å². The van der Waals surface area contributed by atoms with Crippen LogP contribution in [0.25, 0.3) is 0 Å². The Kier molecular flexibility index (Phi) is 4.92. The van der Waals surface area contributed by atoms with Gasteiger partial charge in [0.05, 0.1) is 20.3 Å². The average molecular weight is 384 g/mol. The normalized spacial score (nSPS) is 23.3. The van der Waals surface area contributed by atoms with Crippen LogP contribution in [0.1, 0.15) is 58.1 Å². The predicted molar refractivity (Wildman–Crippen MR) is 107 cm³/mol. The molecule has 0 spiro atoms. The van der Waals surface area contributed by atoms with Crippen LogP contribution in [0.5, 0.6) is 11.5 Å². The SMILES string of the molecule is COc1cc2c(cc1OC)[C@H]1C(c3cccc(C(=O)Cl)c3)CCC[C@H]1N=C2. The van der Waals surface area contributed by atoms with Crippen molar-refractivity contribution in [3.63, 3.8) is 0 Å². The minimum atomic E-state index is -0.419. The summed E-state index contributed by atoms with van der Waals surface area (Å²) >= 11 is 5.71. The summed E-state index contributed by atoms with van der Waals surface area (Å²) < 4.78 is 11.0. The van der Waals surface area contributed by atoms with E-state index < -0.39 is 5.24 Å². The Balaban J connectivity index is 1.81. The molecule has 0 radical (unpaired) electrons. The molecule has 1 aliphatic heterocycles. The van der Waals surface area contributed by atoms with Gasteiger partial charge in [0, 0.05) is 17.7 Å². The van der Waals surface area contributed by atoms with E-state index in [1.54, 1.807) is 20.3 Å². The van der Waals surface area contributed by atoms with Gasteiger partial charge < -0.3 is 9.47 Å². The third-order valence-electron chi connectivity index (χ3n) is 5.76. The summed E-state index contributed by atoms with van der Waals surface area (Å²) in [7, 11) is 3.30. The number of carbonyl (C=O) groups is 1. The fraction of sp³-hybridized carbons (Fsp3) is 0.364. The molecule has 0 bridgehead atoms. The lowest BCUT2D eigenvalue weighted by Gasteiger charge is -2.40. The first kappa shape index (κ1) is 18.1. The molecule has 1 heterocycles. The van der Waals surface area contributed by atoms with Crippen molar-refractivity contribution < 1.29 is 14.3 Å². The van der Waals surface area contributed by atoms with E-state index in [-0.39, 0.29) is 17.9 Å². The van der Waals surface area contributed by atoms with E-state index in [1.165, 1.54) is 5.56 Å². The van der Waals surface area contributed by atoms with E-state index in [2.05, 4.69) is 12.1 Å². The smallest absolute Gasteiger partial charge is 0.252 e. The van der Waals surface area contributed by atoms with Gasteiger partial charge in [-0.3, -0.25) is 9.79 Å². The van der Waals surface area contributed by atoms with Gasteiger partial charge in [-0.1, -0.05) is 24.6 Å². The average Bonchev–Trinajstić information content (AvgIpc) is 2.72. The third-order valence-corrected chi connectivity index (χ3v) is 5.98. The van der Waals surface area contributed by atoms with E-state index in [1.807, 2.05) is 24.4 Å². The largest absolute Gasteiger partial charge is 0.493 e. The van der Waals surface area contributed by atoms with Crippen LogP contribution >= 0.6 is 11.6 Å². The molecule has 4 rings (SSSR count). The number of fused-ring (bicyclic) bond motifs is 3. The molecule has 3 atom stereocenters. The first-order valence-corrected chi connectivity index (χ1v) is 9.59. The highest BCUT2D eigenvalue weighted by atomic mass is 35.5. The van der Waals surface area contributed by atoms with Crippen LogP contribution < -0.4 is 9.47 Å². The molecule has 0 amide bonds. The van der Waals surface area contributed by atoms with Gasteiger partial charge in [0.2, 0.25) is 0 Å². The number of nitrogens with zero attached hydrogens (tertiary/aromatic N) is 1. The summed E-state index contributed by atoms with van der Waals surface area (Å²) in [6.07, 6.45) is 5.20. The van der Waals surface area contributed by atoms with Gasteiger partial charge in [-0.25, -0.2) is 0 Å². The van der Waals surface area contributed by atoms with E-state index in [0.717, 1.165) is 36.1 Å². The molecule has 5 heteroatoms. The number of ether oxygens (including phenoxy) is 2. The molecule has 4 nitrogen and oxygen atoms in total. The molecule has 1 unspecified atom stereocenters. The summed E-state index contributed by atoms with van der Waals surface area (Å²) in [4.78, 5) is 16.5. The van der Waals surface area contributed by atoms with Gasteiger partial charge in [0.25, 0.3) is 5.24 Å². The Bertz CT molecular complexity index is 908. The summed E-state index contributed by atoms with van der Waals surface area (Å²) in [5.74, 6) is 1.98. The van der Waals surface area contributed by atoms with Gasteiger partial charge in [0.1, 0.15) is 0 Å². The van der Waals surface area contributed by atoms with Crippen molar-refractivity contribution in [1.29, 1.82) is 0 Å². The lowest BCUT2D eigenvalue weighted by Crippen LogP contribution is -2.31. The number of carbonyl (C=O) groups excluding carboxylic acids is 1. The van der Waals surface area contributed by atoms with Crippen LogP contribution in [0.4, 0.5) is 0 Å². The quantitative estimate of drug-likeness (QED) is 0.703. The molecule has 2 aromatic carbocycles. The van der Waals surface area contributed by atoms with E-state index >= 15 is 0 Å². The monoisotopic (exact) mass is 383 g/mol. The van der Waals surface area contributed by atoms with Gasteiger partial charge in [-0.2, -0.15) is 0 Å². The van der Waals surface area contributed by atoms with Crippen molar-refractivity contribution in [1.82, 2.24) is 0 Å². The summed E-state index contributed by atoms with van der Waals surface area (Å²) in [6, 6.07) is 12.0. The van der Waals surface area contributed by atoms with Crippen LogP contribution in [-0.2, 0) is 0 Å². The van der Waals surface area contributed by atoms with E-state index in [4.69, 9.17) is 26.1 Å². The molecule has 2 aliphatic rings. The highest BCUT2D eigenvalue weighted by Gasteiger charge is 2.38. The lowest BCUT2D eigenvalue weighted by atomic mass is 9.67. The molecule has 1 saturated carbocycles.